The average molecular weight is 277 g/mol. The molecular formula is C14H10Cl2N2. The maximum Gasteiger partial charge on any atom is 0.137 e. The summed E-state index contributed by atoms with van der Waals surface area (Å²) in [5, 5.41) is 1.10. The van der Waals surface area contributed by atoms with Gasteiger partial charge >= 0.3 is 0 Å². The summed E-state index contributed by atoms with van der Waals surface area (Å²) in [7, 11) is 0. The highest BCUT2D eigenvalue weighted by Crippen LogP contribution is 2.30. The quantitative estimate of drug-likeness (QED) is 0.634. The number of hydrogen-bond acceptors (Lipinski definition) is 1. The Hall–Kier alpha value is -1.51. The van der Waals surface area contributed by atoms with E-state index in [0.29, 0.717) is 10.0 Å². The molecule has 0 aliphatic heterocycles. The van der Waals surface area contributed by atoms with E-state index in [9.17, 15) is 0 Å². The summed E-state index contributed by atoms with van der Waals surface area (Å²) in [4.78, 5) is 4.61. The van der Waals surface area contributed by atoms with Crippen LogP contribution in [-0.4, -0.2) is 9.38 Å². The van der Waals surface area contributed by atoms with Crippen LogP contribution in [0.25, 0.3) is 16.9 Å². The summed E-state index contributed by atoms with van der Waals surface area (Å²) in [6, 6.07) is 11.5. The van der Waals surface area contributed by atoms with Gasteiger partial charge < -0.3 is 4.40 Å². The molecule has 18 heavy (non-hydrogen) atoms. The van der Waals surface area contributed by atoms with Crippen molar-refractivity contribution in [3.8, 4) is 11.3 Å². The van der Waals surface area contributed by atoms with E-state index in [0.717, 1.165) is 22.6 Å². The van der Waals surface area contributed by atoms with Crippen molar-refractivity contribution in [2.45, 2.75) is 6.92 Å². The zero-order valence-electron chi connectivity index (χ0n) is 9.69. The largest absolute Gasteiger partial charge is 0.304 e. The van der Waals surface area contributed by atoms with Gasteiger partial charge in [0.25, 0.3) is 0 Å². The number of rotatable bonds is 1. The van der Waals surface area contributed by atoms with Crippen LogP contribution in [0.15, 0.2) is 42.6 Å². The predicted octanol–water partition coefficient (Wildman–Crippen LogP) is 4.62. The second kappa shape index (κ2) is 4.30. The highest BCUT2D eigenvalue weighted by atomic mass is 35.5. The molecule has 0 unspecified atom stereocenters. The van der Waals surface area contributed by atoms with Gasteiger partial charge in [-0.25, -0.2) is 4.98 Å². The first-order valence-electron chi connectivity index (χ1n) is 5.56. The van der Waals surface area contributed by atoms with E-state index in [1.54, 1.807) is 6.07 Å². The Kier molecular flexibility index (Phi) is 2.77. The number of aryl methyl sites for hydroxylation is 1. The lowest BCUT2D eigenvalue weighted by Gasteiger charge is -2.01. The lowest BCUT2D eigenvalue weighted by molar-refractivity contribution is 1.11. The zero-order valence-corrected chi connectivity index (χ0v) is 11.2. The van der Waals surface area contributed by atoms with Crippen molar-refractivity contribution < 1.29 is 0 Å². The lowest BCUT2D eigenvalue weighted by atomic mass is 10.1. The standard InChI is InChI=1S/C14H10Cl2N2/c1-9-14(10-5-6-11(15)12(16)8-10)17-13-4-2-3-7-18(9)13/h2-8H,1H3. The second-order valence-corrected chi connectivity index (χ2v) is 4.92. The number of halogens is 2. The predicted molar refractivity (Wildman–Crippen MR) is 75.4 cm³/mol. The van der Waals surface area contributed by atoms with Crippen molar-refractivity contribution in [3.05, 3.63) is 58.3 Å². The highest BCUT2D eigenvalue weighted by molar-refractivity contribution is 6.42. The third-order valence-corrected chi connectivity index (χ3v) is 3.70. The van der Waals surface area contributed by atoms with Gasteiger partial charge in [0, 0.05) is 17.5 Å². The minimum atomic E-state index is 0.547. The molecule has 2 aromatic heterocycles. The van der Waals surface area contributed by atoms with Gasteiger partial charge in [-0.3, -0.25) is 0 Å². The van der Waals surface area contributed by atoms with E-state index in [-0.39, 0.29) is 0 Å². The van der Waals surface area contributed by atoms with Crippen molar-refractivity contribution in [1.29, 1.82) is 0 Å². The molecule has 0 fully saturated rings. The molecule has 0 aliphatic rings. The molecule has 0 atom stereocenters. The number of benzene rings is 1. The van der Waals surface area contributed by atoms with Crippen molar-refractivity contribution in [2.24, 2.45) is 0 Å². The minimum absolute atomic E-state index is 0.547. The van der Waals surface area contributed by atoms with E-state index in [1.807, 2.05) is 43.5 Å². The Morgan fingerprint density at radius 1 is 1.06 bits per heavy atom. The van der Waals surface area contributed by atoms with Crippen LogP contribution in [0.2, 0.25) is 10.0 Å². The number of aromatic nitrogens is 2. The smallest absolute Gasteiger partial charge is 0.137 e. The van der Waals surface area contributed by atoms with Gasteiger partial charge in [0.1, 0.15) is 5.65 Å². The number of pyridine rings is 1. The molecule has 0 aliphatic carbocycles. The van der Waals surface area contributed by atoms with E-state index in [2.05, 4.69) is 9.38 Å². The molecule has 0 bridgehead atoms. The SMILES string of the molecule is Cc1c(-c2ccc(Cl)c(Cl)c2)nc2ccccn12. The first-order valence-corrected chi connectivity index (χ1v) is 6.31. The minimum Gasteiger partial charge on any atom is -0.304 e. The molecule has 2 heterocycles. The van der Waals surface area contributed by atoms with Crippen LogP contribution in [0.5, 0.6) is 0 Å². The molecule has 90 valence electrons. The molecule has 4 heteroatoms. The number of imidazole rings is 1. The molecule has 0 spiro atoms. The van der Waals surface area contributed by atoms with Crippen LogP contribution < -0.4 is 0 Å². The normalized spacial score (nSPS) is 11.1. The fraction of sp³-hybridized carbons (Fsp3) is 0.0714. The summed E-state index contributed by atoms with van der Waals surface area (Å²) >= 11 is 12.0. The lowest BCUT2D eigenvalue weighted by Crippen LogP contribution is -1.86. The zero-order chi connectivity index (χ0) is 12.7. The third-order valence-electron chi connectivity index (χ3n) is 2.96. The maximum absolute atomic E-state index is 6.05. The van der Waals surface area contributed by atoms with Crippen molar-refractivity contribution in [1.82, 2.24) is 9.38 Å². The molecule has 2 nitrogen and oxygen atoms in total. The van der Waals surface area contributed by atoms with Crippen molar-refractivity contribution >= 4 is 28.8 Å². The summed E-state index contributed by atoms with van der Waals surface area (Å²) in [5.41, 5.74) is 3.92. The van der Waals surface area contributed by atoms with Crippen molar-refractivity contribution in [2.75, 3.05) is 0 Å². The third kappa shape index (κ3) is 1.78. The van der Waals surface area contributed by atoms with Gasteiger partial charge in [0.15, 0.2) is 0 Å². The monoisotopic (exact) mass is 276 g/mol. The molecule has 1 aromatic carbocycles. The average Bonchev–Trinajstić information content (AvgIpc) is 2.71. The number of fused-ring (bicyclic) bond motifs is 1. The topological polar surface area (TPSA) is 17.3 Å². The molecular weight excluding hydrogens is 267 g/mol. The Balaban J connectivity index is 2.25. The van der Waals surface area contributed by atoms with Gasteiger partial charge in [-0.1, -0.05) is 35.3 Å². The van der Waals surface area contributed by atoms with Crippen LogP contribution in [0.1, 0.15) is 5.69 Å². The molecule has 3 aromatic rings. The van der Waals surface area contributed by atoms with Gasteiger partial charge in [0.2, 0.25) is 0 Å². The van der Waals surface area contributed by atoms with E-state index in [4.69, 9.17) is 23.2 Å². The van der Waals surface area contributed by atoms with Gasteiger partial charge in [0.05, 0.1) is 15.7 Å². The second-order valence-electron chi connectivity index (χ2n) is 4.10. The van der Waals surface area contributed by atoms with Gasteiger partial charge in [-0.2, -0.15) is 0 Å². The summed E-state index contributed by atoms with van der Waals surface area (Å²) < 4.78 is 2.05. The Labute approximate surface area is 115 Å². The van der Waals surface area contributed by atoms with Crippen LogP contribution in [0, 0.1) is 6.92 Å². The number of hydrogen-bond donors (Lipinski definition) is 0. The fourth-order valence-corrected chi connectivity index (χ4v) is 2.33. The molecule has 0 saturated heterocycles. The highest BCUT2D eigenvalue weighted by Gasteiger charge is 2.10. The molecule has 0 amide bonds. The van der Waals surface area contributed by atoms with Crippen LogP contribution in [0.3, 0.4) is 0 Å². The molecule has 0 radical (unpaired) electrons. The van der Waals surface area contributed by atoms with E-state index >= 15 is 0 Å². The first-order chi connectivity index (χ1) is 8.66. The van der Waals surface area contributed by atoms with Crippen LogP contribution >= 0.6 is 23.2 Å². The Morgan fingerprint density at radius 3 is 2.61 bits per heavy atom. The van der Waals surface area contributed by atoms with Gasteiger partial charge in [-0.05, 0) is 31.2 Å². The van der Waals surface area contributed by atoms with Crippen molar-refractivity contribution in [3.63, 3.8) is 0 Å². The fourth-order valence-electron chi connectivity index (χ4n) is 2.04. The van der Waals surface area contributed by atoms with Gasteiger partial charge in [-0.15, -0.1) is 0 Å². The van der Waals surface area contributed by atoms with E-state index < -0.39 is 0 Å². The maximum atomic E-state index is 6.05. The summed E-state index contributed by atoms with van der Waals surface area (Å²) in [6.07, 6.45) is 2.00. The summed E-state index contributed by atoms with van der Waals surface area (Å²) in [5.74, 6) is 0. The Morgan fingerprint density at radius 2 is 1.89 bits per heavy atom. The van der Waals surface area contributed by atoms with E-state index in [1.165, 1.54) is 0 Å². The van der Waals surface area contributed by atoms with Crippen LogP contribution in [0.4, 0.5) is 0 Å². The molecule has 0 N–H and O–H groups in total. The van der Waals surface area contributed by atoms with Crippen LogP contribution in [-0.2, 0) is 0 Å². The molecule has 3 rings (SSSR count). The molecule has 0 saturated carbocycles. The summed E-state index contributed by atoms with van der Waals surface area (Å²) in [6.45, 7) is 2.04. The number of nitrogens with zero attached hydrogens (tertiary/aromatic N) is 2. The first kappa shape index (κ1) is 11.6. The Bertz CT molecular complexity index is 732.